The van der Waals surface area contributed by atoms with Crippen LogP contribution in [0.3, 0.4) is 0 Å². The van der Waals surface area contributed by atoms with Crippen LogP contribution < -0.4 is 10.6 Å². The summed E-state index contributed by atoms with van der Waals surface area (Å²) in [5, 5.41) is 6.36. The second-order valence-corrected chi connectivity index (χ2v) is 6.02. The number of guanidine groups is 1. The van der Waals surface area contributed by atoms with Gasteiger partial charge in [-0.3, -0.25) is 0 Å². The van der Waals surface area contributed by atoms with Crippen molar-refractivity contribution < 1.29 is 22.3 Å². The normalized spacial score (nSPS) is 11.6. The number of halogens is 4. The maximum absolute atomic E-state index is 12.1. The number of ether oxygens (including phenoxy) is 1. The number of alkyl halides is 3. The third-order valence-corrected chi connectivity index (χ3v) is 3.63. The first kappa shape index (κ1) is 25.0. The number of nitrogens with zero attached hydrogens (tertiary/aromatic N) is 1. The minimum atomic E-state index is -4.31. The van der Waals surface area contributed by atoms with Crippen LogP contribution in [0.4, 0.5) is 13.2 Å². The highest BCUT2D eigenvalue weighted by molar-refractivity contribution is 14.0. The number of rotatable bonds is 10. The van der Waals surface area contributed by atoms with Crippen molar-refractivity contribution in [1.82, 2.24) is 10.6 Å². The maximum Gasteiger partial charge on any atom is 0.411 e. The summed E-state index contributed by atoms with van der Waals surface area (Å²) < 4.78 is 46.2. The molecule has 1 aromatic heterocycles. The largest absolute Gasteiger partial charge is 0.469 e. The van der Waals surface area contributed by atoms with Crippen molar-refractivity contribution in [2.45, 2.75) is 25.7 Å². The summed E-state index contributed by atoms with van der Waals surface area (Å²) >= 11 is 0. The molecule has 9 heteroatoms. The molecule has 0 saturated carbocycles. The van der Waals surface area contributed by atoms with Crippen molar-refractivity contribution in [3.05, 3.63) is 72.2 Å². The Kier molecular flexibility index (Phi) is 11.4. The first-order valence-electron chi connectivity index (χ1n) is 8.84. The van der Waals surface area contributed by atoms with Gasteiger partial charge in [0.2, 0.25) is 0 Å². The molecule has 160 valence electrons. The van der Waals surface area contributed by atoms with E-state index in [1.807, 2.05) is 24.3 Å². The average Bonchev–Trinajstić information content (AvgIpc) is 3.17. The first-order chi connectivity index (χ1) is 13.5. The molecular weight excluding hydrogens is 498 g/mol. The second kappa shape index (κ2) is 13.3. The zero-order chi connectivity index (χ0) is 20.2. The fraction of sp³-hybridized carbons (Fsp3) is 0.350. The molecule has 0 radical (unpaired) electrons. The van der Waals surface area contributed by atoms with Crippen molar-refractivity contribution in [2.24, 2.45) is 4.99 Å². The van der Waals surface area contributed by atoms with Crippen LogP contribution in [0.15, 0.2) is 64.7 Å². The van der Waals surface area contributed by atoms with Gasteiger partial charge in [0.05, 0.1) is 19.4 Å². The summed E-state index contributed by atoms with van der Waals surface area (Å²) in [6, 6.07) is 10.9. The van der Waals surface area contributed by atoms with Crippen LogP contribution >= 0.6 is 24.0 Å². The van der Waals surface area contributed by atoms with Crippen LogP contribution in [0, 0.1) is 0 Å². The molecule has 2 N–H and O–H groups in total. The highest BCUT2D eigenvalue weighted by atomic mass is 127. The fourth-order valence-electron chi connectivity index (χ4n) is 2.30. The summed E-state index contributed by atoms with van der Waals surface area (Å²) in [7, 11) is 0. The number of aliphatic imine (C=N–C) groups is 1. The molecule has 1 aromatic carbocycles. The minimum absolute atomic E-state index is 0. The molecule has 0 aliphatic heterocycles. The van der Waals surface area contributed by atoms with E-state index in [1.165, 1.54) is 0 Å². The van der Waals surface area contributed by atoms with Gasteiger partial charge in [-0.15, -0.1) is 30.6 Å². The lowest BCUT2D eigenvalue weighted by molar-refractivity contribution is -0.176. The van der Waals surface area contributed by atoms with Crippen LogP contribution in [-0.4, -0.2) is 31.8 Å². The minimum Gasteiger partial charge on any atom is -0.469 e. The van der Waals surface area contributed by atoms with Crippen LogP contribution in [0.1, 0.15) is 16.9 Å². The summed E-state index contributed by atoms with van der Waals surface area (Å²) in [6.45, 7) is 4.01. The third kappa shape index (κ3) is 10.9. The second-order valence-electron chi connectivity index (χ2n) is 6.02. The van der Waals surface area contributed by atoms with Gasteiger partial charge in [0, 0.05) is 19.5 Å². The lowest BCUT2D eigenvalue weighted by Gasteiger charge is -2.11. The Morgan fingerprint density at radius 2 is 1.86 bits per heavy atom. The molecule has 0 unspecified atom stereocenters. The van der Waals surface area contributed by atoms with Gasteiger partial charge < -0.3 is 19.8 Å². The molecule has 2 rings (SSSR count). The highest BCUT2D eigenvalue weighted by Gasteiger charge is 2.27. The fourth-order valence-corrected chi connectivity index (χ4v) is 2.30. The Hall–Kier alpha value is -2.01. The van der Waals surface area contributed by atoms with E-state index in [4.69, 9.17) is 4.42 Å². The van der Waals surface area contributed by atoms with E-state index in [9.17, 15) is 13.2 Å². The number of furan rings is 1. The van der Waals surface area contributed by atoms with Crippen LogP contribution in [0.25, 0.3) is 0 Å². The lowest BCUT2D eigenvalue weighted by Crippen LogP contribution is -2.38. The zero-order valence-corrected chi connectivity index (χ0v) is 18.2. The molecule has 0 atom stereocenters. The molecule has 2 aromatic rings. The van der Waals surface area contributed by atoms with Crippen LogP contribution in [-0.2, 0) is 24.3 Å². The molecule has 0 aliphatic carbocycles. The Morgan fingerprint density at radius 3 is 2.48 bits per heavy atom. The summed E-state index contributed by atoms with van der Waals surface area (Å²) in [4.78, 5) is 4.51. The van der Waals surface area contributed by atoms with E-state index >= 15 is 0 Å². The number of hydrogen-bond donors (Lipinski definition) is 2. The molecule has 0 bridgehead atoms. The topological polar surface area (TPSA) is 58.8 Å². The molecule has 5 nitrogen and oxygen atoms in total. The van der Waals surface area contributed by atoms with Crippen LogP contribution in [0.5, 0.6) is 0 Å². The average molecular weight is 523 g/mol. The molecule has 29 heavy (non-hydrogen) atoms. The van der Waals surface area contributed by atoms with Gasteiger partial charge in [0.1, 0.15) is 12.4 Å². The van der Waals surface area contributed by atoms with Gasteiger partial charge in [-0.1, -0.05) is 30.3 Å². The summed E-state index contributed by atoms with van der Waals surface area (Å²) in [5.41, 5.74) is 1.61. The van der Waals surface area contributed by atoms with Gasteiger partial charge >= 0.3 is 6.18 Å². The Morgan fingerprint density at radius 1 is 1.14 bits per heavy atom. The van der Waals surface area contributed by atoms with E-state index in [1.54, 1.807) is 24.5 Å². The molecule has 0 aliphatic rings. The van der Waals surface area contributed by atoms with Crippen molar-refractivity contribution in [2.75, 3.05) is 19.7 Å². The molecule has 0 spiro atoms. The Labute approximate surface area is 185 Å². The molecular formula is C20H25F3IN3O2. The highest BCUT2D eigenvalue weighted by Crippen LogP contribution is 2.16. The van der Waals surface area contributed by atoms with Gasteiger partial charge in [0.25, 0.3) is 0 Å². The Balaban J connectivity index is 0.00000420. The standard InChI is InChI=1S/C20H24F3N3O2.HI/c1-2-10-24-19(25-11-9-18-4-3-12-28-18)26-13-16-5-7-17(8-6-16)14-27-15-20(21,22)23;/h2-8,12H,1,9-11,13-15H2,(H2,24,25,26);1H. The molecule has 0 amide bonds. The van der Waals surface area contributed by atoms with Crippen molar-refractivity contribution in [3.8, 4) is 0 Å². The number of nitrogens with one attached hydrogen (secondary N) is 2. The smallest absolute Gasteiger partial charge is 0.411 e. The van der Waals surface area contributed by atoms with Crippen molar-refractivity contribution >= 4 is 29.9 Å². The van der Waals surface area contributed by atoms with Crippen molar-refractivity contribution in [1.29, 1.82) is 0 Å². The first-order valence-corrected chi connectivity index (χ1v) is 8.84. The van der Waals surface area contributed by atoms with E-state index in [0.717, 1.165) is 17.7 Å². The molecule has 1 heterocycles. The predicted molar refractivity (Wildman–Crippen MR) is 117 cm³/mol. The summed E-state index contributed by atoms with van der Waals surface area (Å²) in [6.07, 6.45) is -0.209. The Bertz CT molecular complexity index is 732. The van der Waals surface area contributed by atoms with Gasteiger partial charge in [-0.25, -0.2) is 4.99 Å². The van der Waals surface area contributed by atoms with E-state index in [0.29, 0.717) is 31.2 Å². The monoisotopic (exact) mass is 523 g/mol. The van der Waals surface area contributed by atoms with E-state index in [-0.39, 0.29) is 30.6 Å². The maximum atomic E-state index is 12.1. The molecule has 0 fully saturated rings. The van der Waals surface area contributed by atoms with E-state index < -0.39 is 12.8 Å². The van der Waals surface area contributed by atoms with Gasteiger partial charge in [0.15, 0.2) is 5.96 Å². The molecule has 0 saturated heterocycles. The number of hydrogen-bond acceptors (Lipinski definition) is 3. The van der Waals surface area contributed by atoms with Crippen LogP contribution in [0.2, 0.25) is 0 Å². The SMILES string of the molecule is C=CCNC(=NCc1ccc(COCC(F)(F)F)cc1)NCCc1ccco1.I. The third-order valence-electron chi connectivity index (χ3n) is 3.63. The van der Waals surface area contributed by atoms with Crippen molar-refractivity contribution in [3.63, 3.8) is 0 Å². The quantitative estimate of drug-likeness (QED) is 0.209. The summed E-state index contributed by atoms with van der Waals surface area (Å²) in [5.74, 6) is 1.53. The van der Waals surface area contributed by atoms with Gasteiger partial charge in [-0.2, -0.15) is 13.2 Å². The van der Waals surface area contributed by atoms with Gasteiger partial charge in [-0.05, 0) is 23.3 Å². The zero-order valence-electron chi connectivity index (χ0n) is 15.9. The van der Waals surface area contributed by atoms with E-state index in [2.05, 4.69) is 26.9 Å². The number of benzene rings is 1. The predicted octanol–water partition coefficient (Wildman–Crippen LogP) is 4.44. The lowest BCUT2D eigenvalue weighted by atomic mass is 10.1.